The Morgan fingerprint density at radius 2 is 2.20 bits per heavy atom. The average Bonchev–Trinajstić information content (AvgIpc) is 2.66. The topological polar surface area (TPSA) is 25.2 Å². The highest BCUT2D eigenvalue weighted by atomic mass is 35.5. The van der Waals surface area contributed by atoms with E-state index in [1.54, 1.807) is 0 Å². The molecule has 84 valence electrons. The zero-order chi connectivity index (χ0) is 10.9. The van der Waals surface area contributed by atoms with Crippen molar-refractivity contribution in [3.05, 3.63) is 23.1 Å². The minimum Gasteiger partial charge on any atom is -0.448 e. The molecule has 1 saturated heterocycles. The maximum absolute atomic E-state index is 5.85. The summed E-state index contributed by atoms with van der Waals surface area (Å²) in [5.41, 5.74) is -0.00854. The number of hydrogen-bond donors (Lipinski definition) is 1. The van der Waals surface area contributed by atoms with E-state index >= 15 is 0 Å². The fraction of sp³-hybridized carbons (Fsp3) is 0.667. The Kier molecular flexibility index (Phi) is 3.08. The van der Waals surface area contributed by atoms with Gasteiger partial charge in [-0.05, 0) is 55.5 Å². The van der Waals surface area contributed by atoms with Crippen LogP contribution in [0.4, 0.5) is 0 Å². The molecule has 3 heteroatoms. The lowest BCUT2D eigenvalue weighted by atomic mass is 9.77. The molecular weight excluding hydrogens is 210 g/mol. The van der Waals surface area contributed by atoms with Crippen LogP contribution in [-0.4, -0.2) is 6.54 Å². The van der Waals surface area contributed by atoms with Crippen LogP contribution in [0.15, 0.2) is 16.5 Å². The number of rotatable bonds is 2. The quantitative estimate of drug-likeness (QED) is 0.836. The van der Waals surface area contributed by atoms with Gasteiger partial charge < -0.3 is 9.73 Å². The van der Waals surface area contributed by atoms with Crippen molar-refractivity contribution in [1.29, 1.82) is 0 Å². The van der Waals surface area contributed by atoms with E-state index in [4.69, 9.17) is 16.0 Å². The van der Waals surface area contributed by atoms with Crippen LogP contribution in [0.1, 0.15) is 38.9 Å². The highest BCUT2D eigenvalue weighted by Gasteiger charge is 2.39. The van der Waals surface area contributed by atoms with Crippen molar-refractivity contribution in [3.8, 4) is 0 Å². The summed E-state index contributed by atoms with van der Waals surface area (Å²) in [5, 5.41) is 4.09. The van der Waals surface area contributed by atoms with Gasteiger partial charge in [-0.1, -0.05) is 13.8 Å². The maximum atomic E-state index is 5.85. The summed E-state index contributed by atoms with van der Waals surface area (Å²) in [7, 11) is 0. The Morgan fingerprint density at radius 3 is 2.67 bits per heavy atom. The standard InChI is InChI=1S/C12H18ClNO/c1-9(2)12(7-3-4-8-14-12)10-5-6-11(13)15-10/h5-6,9,14H,3-4,7-8H2,1-2H3. The van der Waals surface area contributed by atoms with Gasteiger partial charge >= 0.3 is 0 Å². The highest BCUT2D eigenvalue weighted by molar-refractivity contribution is 6.28. The third-order valence-corrected chi connectivity index (χ3v) is 3.64. The number of halogens is 1. The molecule has 0 aromatic carbocycles. The zero-order valence-corrected chi connectivity index (χ0v) is 10.1. The molecule has 0 amide bonds. The number of hydrogen-bond acceptors (Lipinski definition) is 2. The Morgan fingerprint density at radius 1 is 1.40 bits per heavy atom. The summed E-state index contributed by atoms with van der Waals surface area (Å²) in [5.74, 6) is 1.50. The van der Waals surface area contributed by atoms with Gasteiger partial charge in [-0.15, -0.1) is 0 Å². The molecule has 15 heavy (non-hydrogen) atoms. The molecule has 1 unspecified atom stereocenters. The van der Waals surface area contributed by atoms with E-state index in [-0.39, 0.29) is 5.54 Å². The first-order chi connectivity index (χ1) is 7.15. The van der Waals surface area contributed by atoms with Crippen molar-refractivity contribution in [2.24, 2.45) is 5.92 Å². The van der Waals surface area contributed by atoms with E-state index in [1.165, 1.54) is 12.8 Å². The van der Waals surface area contributed by atoms with Crippen LogP contribution in [0.25, 0.3) is 0 Å². The number of piperidine rings is 1. The Labute approximate surface area is 96.0 Å². The van der Waals surface area contributed by atoms with Gasteiger partial charge in [0.15, 0.2) is 5.22 Å². The van der Waals surface area contributed by atoms with Crippen molar-refractivity contribution in [3.63, 3.8) is 0 Å². The molecule has 0 saturated carbocycles. The minimum atomic E-state index is -0.00854. The number of furan rings is 1. The second-order valence-electron chi connectivity index (χ2n) is 4.61. The van der Waals surface area contributed by atoms with Crippen LogP contribution in [0.3, 0.4) is 0 Å². The molecule has 2 heterocycles. The molecule has 1 fully saturated rings. The Bertz CT molecular complexity index is 326. The summed E-state index contributed by atoms with van der Waals surface area (Å²) in [4.78, 5) is 0. The summed E-state index contributed by atoms with van der Waals surface area (Å²) in [6.45, 7) is 5.53. The molecule has 1 aliphatic heterocycles. The van der Waals surface area contributed by atoms with Gasteiger partial charge in [-0.3, -0.25) is 0 Å². The summed E-state index contributed by atoms with van der Waals surface area (Å²) in [6.07, 6.45) is 3.64. The van der Waals surface area contributed by atoms with E-state index in [2.05, 4.69) is 19.2 Å². The smallest absolute Gasteiger partial charge is 0.193 e. The van der Waals surface area contributed by atoms with Crippen molar-refractivity contribution in [2.45, 2.75) is 38.6 Å². The summed E-state index contributed by atoms with van der Waals surface area (Å²) >= 11 is 5.85. The highest BCUT2D eigenvalue weighted by Crippen LogP contribution is 2.38. The average molecular weight is 228 g/mol. The van der Waals surface area contributed by atoms with Crippen LogP contribution in [0.2, 0.25) is 5.22 Å². The number of nitrogens with one attached hydrogen (secondary N) is 1. The van der Waals surface area contributed by atoms with Gasteiger partial charge in [0.1, 0.15) is 5.76 Å². The van der Waals surface area contributed by atoms with Crippen molar-refractivity contribution < 1.29 is 4.42 Å². The molecule has 0 bridgehead atoms. The van der Waals surface area contributed by atoms with Crippen molar-refractivity contribution >= 4 is 11.6 Å². The molecule has 0 spiro atoms. The van der Waals surface area contributed by atoms with E-state index in [0.29, 0.717) is 11.1 Å². The first-order valence-corrected chi connectivity index (χ1v) is 6.04. The molecule has 1 N–H and O–H groups in total. The third kappa shape index (κ3) is 1.93. The van der Waals surface area contributed by atoms with Crippen LogP contribution in [0.5, 0.6) is 0 Å². The first kappa shape index (κ1) is 11.0. The van der Waals surface area contributed by atoms with Crippen molar-refractivity contribution in [1.82, 2.24) is 5.32 Å². The molecule has 1 aromatic heterocycles. The van der Waals surface area contributed by atoms with Gasteiger partial charge in [-0.2, -0.15) is 0 Å². The minimum absolute atomic E-state index is 0.00854. The van der Waals surface area contributed by atoms with Gasteiger partial charge in [-0.25, -0.2) is 0 Å². The predicted octanol–water partition coefficient (Wildman–Crippen LogP) is 3.56. The van der Waals surface area contributed by atoms with Gasteiger partial charge in [0.05, 0.1) is 5.54 Å². The third-order valence-electron chi connectivity index (χ3n) is 3.44. The van der Waals surface area contributed by atoms with Gasteiger partial charge in [0.2, 0.25) is 0 Å². The molecule has 0 radical (unpaired) electrons. The molecule has 1 aliphatic rings. The van der Waals surface area contributed by atoms with E-state index in [1.807, 2.05) is 12.1 Å². The van der Waals surface area contributed by atoms with Crippen LogP contribution < -0.4 is 5.32 Å². The molecular formula is C12H18ClNO. The molecule has 0 aliphatic carbocycles. The van der Waals surface area contributed by atoms with Crippen LogP contribution >= 0.6 is 11.6 Å². The molecule has 2 rings (SSSR count). The fourth-order valence-corrected chi connectivity index (χ4v) is 2.62. The lowest BCUT2D eigenvalue weighted by Gasteiger charge is -2.40. The van der Waals surface area contributed by atoms with Crippen LogP contribution in [-0.2, 0) is 5.54 Å². The monoisotopic (exact) mass is 227 g/mol. The van der Waals surface area contributed by atoms with Gasteiger partial charge in [0.25, 0.3) is 0 Å². The molecule has 2 nitrogen and oxygen atoms in total. The molecule has 1 aromatic rings. The van der Waals surface area contributed by atoms with E-state index < -0.39 is 0 Å². The Hall–Kier alpha value is -0.470. The lowest BCUT2D eigenvalue weighted by Crippen LogP contribution is -2.49. The Balaban J connectivity index is 2.33. The lowest BCUT2D eigenvalue weighted by molar-refractivity contribution is 0.151. The first-order valence-electron chi connectivity index (χ1n) is 5.66. The van der Waals surface area contributed by atoms with E-state index in [0.717, 1.165) is 18.7 Å². The second kappa shape index (κ2) is 4.18. The van der Waals surface area contributed by atoms with Crippen molar-refractivity contribution in [2.75, 3.05) is 6.54 Å². The van der Waals surface area contributed by atoms with Crippen LogP contribution in [0, 0.1) is 5.92 Å². The van der Waals surface area contributed by atoms with E-state index in [9.17, 15) is 0 Å². The fourth-order valence-electron chi connectivity index (χ4n) is 2.47. The normalized spacial score (nSPS) is 27.2. The predicted molar refractivity (Wildman–Crippen MR) is 62.1 cm³/mol. The zero-order valence-electron chi connectivity index (χ0n) is 9.35. The summed E-state index contributed by atoms with van der Waals surface area (Å²) in [6, 6.07) is 3.83. The molecule has 1 atom stereocenters. The SMILES string of the molecule is CC(C)C1(c2ccc(Cl)o2)CCCCN1. The summed E-state index contributed by atoms with van der Waals surface area (Å²) < 4.78 is 5.59. The van der Waals surface area contributed by atoms with Gasteiger partial charge in [0, 0.05) is 0 Å². The largest absolute Gasteiger partial charge is 0.448 e. The maximum Gasteiger partial charge on any atom is 0.193 e. The second-order valence-corrected chi connectivity index (χ2v) is 4.99.